The van der Waals surface area contributed by atoms with E-state index in [1.807, 2.05) is 12.1 Å². The Morgan fingerprint density at radius 1 is 0.538 bits per heavy atom. The minimum Gasteiger partial charge on any atom is -0.453 e. The summed E-state index contributed by atoms with van der Waals surface area (Å²) >= 11 is 0. The molecule has 6 aliphatic rings. The Labute approximate surface area is 307 Å². The summed E-state index contributed by atoms with van der Waals surface area (Å²) < 4.78 is 6.32. The summed E-state index contributed by atoms with van der Waals surface area (Å²) in [4.78, 5) is 4.78. The molecule has 0 spiro atoms. The highest BCUT2D eigenvalue weighted by Gasteiger charge is 2.51. The molecule has 4 fully saturated rings. The number of hydrogen-bond donors (Lipinski definition) is 0. The van der Waals surface area contributed by atoms with Gasteiger partial charge < -0.3 is 14.5 Å². The monoisotopic (exact) mass is 676 g/mol. The van der Waals surface area contributed by atoms with Crippen LogP contribution in [0.25, 0.3) is 11.1 Å². The summed E-state index contributed by atoms with van der Waals surface area (Å²) in [6.07, 6.45) is 8.58. The van der Waals surface area contributed by atoms with Gasteiger partial charge in [-0.05, 0) is 162 Å². The van der Waals surface area contributed by atoms with Gasteiger partial charge in [-0.3, -0.25) is 0 Å². The molecule has 12 rings (SSSR count). The highest BCUT2D eigenvalue weighted by atomic mass is 16.5. The number of benzene rings is 6. The maximum absolute atomic E-state index is 6.32. The number of anilines is 6. The molecule has 0 atom stereocenters. The van der Waals surface area contributed by atoms with Crippen LogP contribution in [0.1, 0.15) is 69.1 Å². The summed E-state index contributed by atoms with van der Waals surface area (Å²) in [6, 6.07) is 51.6. The Bertz CT molecular complexity index is 2270. The van der Waals surface area contributed by atoms with Crippen molar-refractivity contribution >= 4 is 34.1 Å². The lowest BCUT2D eigenvalue weighted by Gasteiger charge is -2.57. The number of ether oxygens (including phenoxy) is 1. The standard InChI is InChI=1S/C49H44N2O/c1-48(2)42-10-4-3-9-40(42)41-24-23-39(28-43(41)48)50(36-17-15-35(16-18-36)49-29-32-25-33(30-49)27-34(26-32)31-49)37-19-21-38(22-20-37)51-44-11-5-7-13-46(44)52-47-14-8-6-12-45(47)51/h3-24,28,32-34H,25-27,29-31H2,1-2H3. The molecular weight excluding hydrogens is 633 g/mol. The van der Waals surface area contributed by atoms with Crippen LogP contribution in [-0.4, -0.2) is 0 Å². The highest BCUT2D eigenvalue weighted by Crippen LogP contribution is 2.61. The predicted octanol–water partition coefficient (Wildman–Crippen LogP) is 13.5. The fourth-order valence-corrected chi connectivity index (χ4v) is 11.4. The lowest BCUT2D eigenvalue weighted by Crippen LogP contribution is -2.48. The Kier molecular flexibility index (Phi) is 6.49. The van der Waals surface area contributed by atoms with Crippen LogP contribution in [0.2, 0.25) is 0 Å². The van der Waals surface area contributed by atoms with Crippen LogP contribution >= 0.6 is 0 Å². The third kappa shape index (κ3) is 4.51. The minimum absolute atomic E-state index is 0.0725. The largest absolute Gasteiger partial charge is 0.453 e. The SMILES string of the molecule is CC1(C)c2ccccc2-c2ccc(N(c3ccc(N4c5ccccc5Oc5ccccc54)cc3)c3ccc(C45CC6CC(CC(C6)C4)C5)cc3)cc21. The van der Waals surface area contributed by atoms with Gasteiger partial charge in [0.2, 0.25) is 0 Å². The first-order valence-electron chi connectivity index (χ1n) is 19.3. The second-order valence-corrected chi connectivity index (χ2v) is 16.9. The number of rotatable bonds is 5. The van der Waals surface area contributed by atoms with Crippen LogP contribution in [0.3, 0.4) is 0 Å². The van der Waals surface area contributed by atoms with Gasteiger partial charge in [0.15, 0.2) is 11.5 Å². The molecule has 0 amide bonds. The van der Waals surface area contributed by atoms with Crippen LogP contribution in [0, 0.1) is 17.8 Å². The highest BCUT2D eigenvalue weighted by molar-refractivity contribution is 5.88. The Balaban J connectivity index is 1.01. The molecular formula is C49H44N2O. The maximum Gasteiger partial charge on any atom is 0.151 e. The van der Waals surface area contributed by atoms with Crippen LogP contribution in [0.5, 0.6) is 11.5 Å². The van der Waals surface area contributed by atoms with Crippen molar-refractivity contribution in [1.29, 1.82) is 0 Å². The average molecular weight is 677 g/mol. The van der Waals surface area contributed by atoms with E-state index in [1.54, 1.807) is 5.56 Å². The van der Waals surface area contributed by atoms with Crippen molar-refractivity contribution in [3.8, 4) is 22.6 Å². The van der Waals surface area contributed by atoms with Gasteiger partial charge >= 0.3 is 0 Å². The molecule has 1 heterocycles. The second-order valence-electron chi connectivity index (χ2n) is 16.9. The van der Waals surface area contributed by atoms with Gasteiger partial charge in [0.25, 0.3) is 0 Å². The molecule has 5 aliphatic carbocycles. The van der Waals surface area contributed by atoms with Crippen molar-refractivity contribution in [1.82, 2.24) is 0 Å². The van der Waals surface area contributed by atoms with Crippen LogP contribution in [0.15, 0.2) is 140 Å². The third-order valence-corrected chi connectivity index (χ3v) is 13.4. The number of para-hydroxylation sites is 4. The second kappa shape index (κ2) is 11.1. The zero-order chi connectivity index (χ0) is 34.6. The topological polar surface area (TPSA) is 15.7 Å². The molecule has 4 bridgehead atoms. The Morgan fingerprint density at radius 2 is 1.06 bits per heavy atom. The summed E-state index contributed by atoms with van der Waals surface area (Å²) in [5.74, 6) is 4.54. The van der Waals surface area contributed by atoms with Crippen LogP contribution in [-0.2, 0) is 10.8 Å². The van der Waals surface area contributed by atoms with Gasteiger partial charge in [-0.15, -0.1) is 0 Å². The molecule has 256 valence electrons. The summed E-state index contributed by atoms with van der Waals surface area (Å²) in [7, 11) is 0. The molecule has 1 aliphatic heterocycles. The van der Waals surface area contributed by atoms with E-state index in [0.29, 0.717) is 5.41 Å². The van der Waals surface area contributed by atoms with Crippen molar-refractivity contribution in [3.05, 3.63) is 156 Å². The fourth-order valence-electron chi connectivity index (χ4n) is 11.4. The van der Waals surface area contributed by atoms with E-state index in [1.165, 1.54) is 72.2 Å². The summed E-state index contributed by atoms with van der Waals surface area (Å²) in [5.41, 5.74) is 14.1. The van der Waals surface area contributed by atoms with E-state index in [9.17, 15) is 0 Å². The zero-order valence-corrected chi connectivity index (χ0v) is 30.1. The van der Waals surface area contributed by atoms with E-state index in [4.69, 9.17) is 4.74 Å². The Morgan fingerprint density at radius 3 is 1.69 bits per heavy atom. The van der Waals surface area contributed by atoms with E-state index in [-0.39, 0.29) is 5.41 Å². The predicted molar refractivity (Wildman–Crippen MR) is 213 cm³/mol. The van der Waals surface area contributed by atoms with Crippen molar-refractivity contribution in [2.24, 2.45) is 17.8 Å². The van der Waals surface area contributed by atoms with Gasteiger partial charge in [0, 0.05) is 28.2 Å². The van der Waals surface area contributed by atoms with E-state index < -0.39 is 0 Å². The quantitative estimate of drug-likeness (QED) is 0.180. The van der Waals surface area contributed by atoms with E-state index in [2.05, 4.69) is 151 Å². The lowest BCUT2D eigenvalue weighted by molar-refractivity contribution is -0.00518. The van der Waals surface area contributed by atoms with Crippen molar-refractivity contribution in [2.75, 3.05) is 9.80 Å². The fraction of sp³-hybridized carbons (Fsp3) is 0.265. The van der Waals surface area contributed by atoms with Gasteiger partial charge in [-0.1, -0.05) is 80.6 Å². The Hall–Kier alpha value is -5.28. The lowest BCUT2D eigenvalue weighted by atomic mass is 9.48. The van der Waals surface area contributed by atoms with E-state index in [0.717, 1.165) is 52.0 Å². The van der Waals surface area contributed by atoms with Crippen LogP contribution in [0.4, 0.5) is 34.1 Å². The number of fused-ring (bicyclic) bond motifs is 5. The normalized spacial score (nSPS) is 24.0. The molecule has 52 heavy (non-hydrogen) atoms. The van der Waals surface area contributed by atoms with Gasteiger partial charge in [-0.2, -0.15) is 0 Å². The molecule has 0 radical (unpaired) electrons. The zero-order valence-electron chi connectivity index (χ0n) is 30.1. The number of nitrogens with zero attached hydrogens (tertiary/aromatic N) is 2. The molecule has 6 aromatic carbocycles. The molecule has 6 aromatic rings. The smallest absolute Gasteiger partial charge is 0.151 e. The molecule has 3 nitrogen and oxygen atoms in total. The molecule has 0 aromatic heterocycles. The van der Waals surface area contributed by atoms with Gasteiger partial charge in [-0.25, -0.2) is 0 Å². The maximum atomic E-state index is 6.32. The first-order chi connectivity index (χ1) is 25.4. The molecule has 0 N–H and O–H groups in total. The molecule has 4 saturated carbocycles. The molecule has 0 unspecified atom stereocenters. The van der Waals surface area contributed by atoms with Crippen molar-refractivity contribution < 1.29 is 4.74 Å². The first-order valence-corrected chi connectivity index (χ1v) is 19.3. The van der Waals surface area contributed by atoms with Crippen LogP contribution < -0.4 is 14.5 Å². The summed E-state index contributed by atoms with van der Waals surface area (Å²) in [5, 5.41) is 0. The third-order valence-electron chi connectivity index (χ3n) is 13.4. The van der Waals surface area contributed by atoms with E-state index >= 15 is 0 Å². The van der Waals surface area contributed by atoms with Gasteiger partial charge in [0.05, 0.1) is 11.4 Å². The molecule has 0 saturated heterocycles. The van der Waals surface area contributed by atoms with Gasteiger partial charge in [0.1, 0.15) is 0 Å². The average Bonchev–Trinajstić information content (AvgIpc) is 3.39. The first kappa shape index (κ1) is 30.4. The summed E-state index contributed by atoms with van der Waals surface area (Å²) in [6.45, 7) is 4.75. The minimum atomic E-state index is -0.0725. The van der Waals surface area contributed by atoms with Crippen molar-refractivity contribution in [3.63, 3.8) is 0 Å². The van der Waals surface area contributed by atoms with Crippen molar-refractivity contribution in [2.45, 2.75) is 63.2 Å². The molecule has 3 heteroatoms. The number of hydrogen-bond acceptors (Lipinski definition) is 3.